The minimum absolute atomic E-state index is 0.143. The van der Waals surface area contributed by atoms with Crippen LogP contribution in [0.3, 0.4) is 0 Å². The lowest BCUT2D eigenvalue weighted by Gasteiger charge is -2.20. The molecule has 0 aliphatic rings. The quantitative estimate of drug-likeness (QED) is 0.518. The maximum atomic E-state index is 12.4. The third-order valence-electron chi connectivity index (χ3n) is 3.95. The van der Waals surface area contributed by atoms with Gasteiger partial charge in [0.1, 0.15) is 17.4 Å². The van der Waals surface area contributed by atoms with Crippen molar-refractivity contribution in [3.63, 3.8) is 0 Å². The van der Waals surface area contributed by atoms with Crippen molar-refractivity contribution in [2.24, 2.45) is 0 Å². The molecule has 0 aliphatic carbocycles. The topological polar surface area (TPSA) is 65.4 Å². The number of unbranched alkanes of at least 4 members (excludes halogenated alkanes) is 1. The van der Waals surface area contributed by atoms with Gasteiger partial charge in [-0.05, 0) is 37.5 Å². The molecule has 1 N–H and O–H groups in total. The highest BCUT2D eigenvalue weighted by Crippen LogP contribution is 2.17. The molecular formula is C20H29N3O2. The van der Waals surface area contributed by atoms with Gasteiger partial charge in [0, 0.05) is 19.3 Å². The molecule has 0 bridgehead atoms. The van der Waals surface area contributed by atoms with Crippen molar-refractivity contribution in [3.8, 4) is 11.8 Å². The van der Waals surface area contributed by atoms with Gasteiger partial charge in [0.25, 0.3) is 5.91 Å². The molecule has 0 spiro atoms. The van der Waals surface area contributed by atoms with Crippen molar-refractivity contribution in [2.45, 2.75) is 46.1 Å². The van der Waals surface area contributed by atoms with Gasteiger partial charge in [-0.3, -0.25) is 4.79 Å². The van der Waals surface area contributed by atoms with Crippen LogP contribution in [0.4, 0.5) is 0 Å². The fraction of sp³-hybridized carbons (Fsp3) is 0.500. The Balaban J connectivity index is 2.79. The maximum absolute atomic E-state index is 12.4. The van der Waals surface area contributed by atoms with E-state index in [0.29, 0.717) is 0 Å². The van der Waals surface area contributed by atoms with Crippen LogP contribution in [0.1, 0.15) is 51.6 Å². The molecule has 25 heavy (non-hydrogen) atoms. The van der Waals surface area contributed by atoms with Gasteiger partial charge >= 0.3 is 0 Å². The molecule has 1 amide bonds. The summed E-state index contributed by atoms with van der Waals surface area (Å²) in [7, 11) is 1.62. The first kappa shape index (κ1) is 20.6. The fourth-order valence-electron chi connectivity index (χ4n) is 2.46. The smallest absolute Gasteiger partial charge is 0.263 e. The summed E-state index contributed by atoms with van der Waals surface area (Å²) in [5, 5.41) is 12.3. The van der Waals surface area contributed by atoms with Crippen molar-refractivity contribution in [2.75, 3.05) is 20.2 Å². The Hall–Kier alpha value is -2.48. The molecule has 1 unspecified atom stereocenters. The molecule has 5 heteroatoms. The third-order valence-corrected chi connectivity index (χ3v) is 3.95. The number of hydrogen-bond donors (Lipinski definition) is 1. The number of hydrogen-bond acceptors (Lipinski definition) is 4. The van der Waals surface area contributed by atoms with Crippen molar-refractivity contribution in [3.05, 3.63) is 41.6 Å². The summed E-state index contributed by atoms with van der Waals surface area (Å²) in [6.45, 7) is 7.81. The Morgan fingerprint density at radius 2 is 1.96 bits per heavy atom. The molecule has 0 fully saturated rings. The Morgan fingerprint density at radius 3 is 2.48 bits per heavy atom. The van der Waals surface area contributed by atoms with Gasteiger partial charge in [0.2, 0.25) is 0 Å². The number of benzene rings is 1. The number of carbonyl (C=O) groups is 1. The zero-order valence-electron chi connectivity index (χ0n) is 15.7. The van der Waals surface area contributed by atoms with E-state index in [1.165, 1.54) is 0 Å². The van der Waals surface area contributed by atoms with Crippen LogP contribution in [0.25, 0.3) is 0 Å². The molecule has 0 radical (unpaired) electrons. The van der Waals surface area contributed by atoms with Crippen LogP contribution < -0.4 is 10.1 Å². The lowest BCUT2D eigenvalue weighted by Crippen LogP contribution is -2.29. The summed E-state index contributed by atoms with van der Waals surface area (Å²) >= 11 is 0. The summed E-state index contributed by atoms with van der Waals surface area (Å²) < 4.78 is 5.14. The average molecular weight is 343 g/mol. The molecule has 0 heterocycles. The predicted octanol–water partition coefficient (Wildman–Crippen LogP) is 3.79. The second-order valence-corrected chi connectivity index (χ2v) is 6.01. The summed E-state index contributed by atoms with van der Waals surface area (Å²) in [5.74, 6) is 0.425. The van der Waals surface area contributed by atoms with E-state index in [2.05, 4.69) is 24.1 Å². The molecule has 136 valence electrons. The predicted molar refractivity (Wildman–Crippen MR) is 100 cm³/mol. The standard InChI is InChI=1S/C20H29N3O2/c1-5-7-13-23(12-6-2)15-18(14-21)20(24)22-16(3)17-8-10-19(25-4)11-9-17/h8-11,15-16H,5-7,12-13H2,1-4H3,(H,22,24)/b18-15-. The van der Waals surface area contributed by atoms with Crippen LogP contribution in [-0.2, 0) is 4.79 Å². The fourth-order valence-corrected chi connectivity index (χ4v) is 2.46. The number of rotatable bonds is 10. The Morgan fingerprint density at radius 1 is 1.28 bits per heavy atom. The van der Waals surface area contributed by atoms with E-state index >= 15 is 0 Å². The van der Waals surface area contributed by atoms with Crippen LogP contribution in [0, 0.1) is 11.3 Å². The van der Waals surface area contributed by atoms with Crippen LogP contribution in [0.15, 0.2) is 36.0 Å². The minimum Gasteiger partial charge on any atom is -0.497 e. The molecule has 1 rings (SSSR count). The van der Waals surface area contributed by atoms with E-state index in [-0.39, 0.29) is 17.5 Å². The van der Waals surface area contributed by atoms with Crippen molar-refractivity contribution < 1.29 is 9.53 Å². The van der Waals surface area contributed by atoms with Gasteiger partial charge in [-0.15, -0.1) is 0 Å². The lowest BCUT2D eigenvalue weighted by atomic mass is 10.1. The summed E-state index contributed by atoms with van der Waals surface area (Å²) in [4.78, 5) is 14.5. The van der Waals surface area contributed by atoms with Gasteiger partial charge in [-0.25, -0.2) is 0 Å². The maximum Gasteiger partial charge on any atom is 0.263 e. The molecule has 1 aromatic carbocycles. The van der Waals surface area contributed by atoms with E-state index < -0.39 is 0 Å². The zero-order chi connectivity index (χ0) is 18.7. The first-order chi connectivity index (χ1) is 12.0. The molecule has 0 saturated heterocycles. The van der Waals surface area contributed by atoms with Crippen molar-refractivity contribution in [1.82, 2.24) is 10.2 Å². The van der Waals surface area contributed by atoms with Crippen LogP contribution >= 0.6 is 0 Å². The average Bonchev–Trinajstić information content (AvgIpc) is 2.63. The number of ether oxygens (including phenoxy) is 1. The normalized spacial score (nSPS) is 12.2. The summed E-state index contributed by atoms with van der Waals surface area (Å²) in [6, 6.07) is 9.36. The third kappa shape index (κ3) is 6.88. The van der Waals surface area contributed by atoms with E-state index in [0.717, 1.165) is 43.7 Å². The lowest BCUT2D eigenvalue weighted by molar-refractivity contribution is -0.117. The molecule has 0 saturated carbocycles. The monoisotopic (exact) mass is 343 g/mol. The van der Waals surface area contributed by atoms with Gasteiger partial charge in [-0.2, -0.15) is 5.26 Å². The van der Waals surface area contributed by atoms with Crippen LogP contribution in [0.5, 0.6) is 5.75 Å². The van der Waals surface area contributed by atoms with Crippen LogP contribution in [-0.4, -0.2) is 31.0 Å². The van der Waals surface area contributed by atoms with E-state index in [1.807, 2.05) is 37.3 Å². The van der Waals surface area contributed by atoms with Gasteiger partial charge in [-0.1, -0.05) is 32.4 Å². The van der Waals surface area contributed by atoms with Gasteiger partial charge in [0.05, 0.1) is 13.2 Å². The molecule has 1 atom stereocenters. The highest BCUT2D eigenvalue weighted by atomic mass is 16.5. The van der Waals surface area contributed by atoms with E-state index in [1.54, 1.807) is 13.3 Å². The number of carbonyl (C=O) groups excluding carboxylic acids is 1. The van der Waals surface area contributed by atoms with Gasteiger partial charge < -0.3 is 15.0 Å². The Bertz CT molecular complexity index is 602. The molecule has 0 aromatic heterocycles. The number of nitriles is 1. The summed E-state index contributed by atoms with van der Waals surface area (Å²) in [5.41, 5.74) is 1.10. The van der Waals surface area contributed by atoms with Crippen LogP contribution in [0.2, 0.25) is 0 Å². The van der Waals surface area contributed by atoms with Crippen molar-refractivity contribution >= 4 is 5.91 Å². The second kappa shape index (κ2) is 11.1. The molecular weight excluding hydrogens is 314 g/mol. The highest BCUT2D eigenvalue weighted by molar-refractivity contribution is 5.97. The largest absolute Gasteiger partial charge is 0.497 e. The molecule has 0 aliphatic heterocycles. The Labute approximate surface area is 151 Å². The SMILES string of the molecule is CCCCN(/C=C(/C#N)C(=O)NC(C)c1ccc(OC)cc1)CCC. The number of amides is 1. The first-order valence-corrected chi connectivity index (χ1v) is 8.86. The number of nitrogens with zero attached hydrogens (tertiary/aromatic N) is 2. The first-order valence-electron chi connectivity index (χ1n) is 8.86. The number of nitrogens with one attached hydrogen (secondary N) is 1. The zero-order valence-corrected chi connectivity index (χ0v) is 15.7. The highest BCUT2D eigenvalue weighted by Gasteiger charge is 2.15. The van der Waals surface area contributed by atoms with Crippen molar-refractivity contribution in [1.29, 1.82) is 5.26 Å². The second-order valence-electron chi connectivity index (χ2n) is 6.01. The molecule has 1 aromatic rings. The Kier molecular flexibility index (Phi) is 9.16. The van der Waals surface area contributed by atoms with E-state index in [9.17, 15) is 10.1 Å². The van der Waals surface area contributed by atoms with Gasteiger partial charge in [0.15, 0.2) is 0 Å². The summed E-state index contributed by atoms with van der Waals surface area (Å²) in [6.07, 6.45) is 4.79. The minimum atomic E-state index is -0.344. The molecule has 5 nitrogen and oxygen atoms in total. The van der Waals surface area contributed by atoms with E-state index in [4.69, 9.17) is 4.74 Å². The number of methoxy groups -OCH3 is 1.